The number of alkyl halides is 3. The molecule has 6 heteroatoms. The number of hydrogen-bond acceptors (Lipinski definition) is 2. The Morgan fingerprint density at radius 3 is 2.19 bits per heavy atom. The van der Waals surface area contributed by atoms with Crippen molar-refractivity contribution >= 4 is 5.97 Å². The van der Waals surface area contributed by atoms with Crippen molar-refractivity contribution < 1.29 is 27.8 Å². The van der Waals surface area contributed by atoms with Crippen LogP contribution in [0.5, 0.6) is 5.75 Å². The zero-order chi connectivity index (χ0) is 15.6. The van der Waals surface area contributed by atoms with Gasteiger partial charge in [-0.05, 0) is 29.3 Å². The summed E-state index contributed by atoms with van der Waals surface area (Å²) in [7, 11) is 1.33. The van der Waals surface area contributed by atoms with Crippen molar-refractivity contribution in [2.75, 3.05) is 7.11 Å². The molecule has 0 aliphatic heterocycles. The quantitative estimate of drug-likeness (QED) is 0.928. The number of aromatic carboxylic acids is 1. The van der Waals surface area contributed by atoms with Crippen molar-refractivity contribution in [1.82, 2.24) is 0 Å². The van der Waals surface area contributed by atoms with Crippen molar-refractivity contribution in [2.24, 2.45) is 0 Å². The van der Waals surface area contributed by atoms with Gasteiger partial charge in [0.05, 0.1) is 12.7 Å². The van der Waals surface area contributed by atoms with Crippen LogP contribution in [-0.2, 0) is 6.18 Å². The van der Waals surface area contributed by atoms with Crippen molar-refractivity contribution in [1.29, 1.82) is 0 Å². The van der Waals surface area contributed by atoms with Crippen molar-refractivity contribution in [3.63, 3.8) is 0 Å². The van der Waals surface area contributed by atoms with Gasteiger partial charge >= 0.3 is 12.1 Å². The minimum absolute atomic E-state index is 0.0836. The maximum Gasteiger partial charge on any atom is 0.416 e. The zero-order valence-electron chi connectivity index (χ0n) is 10.9. The number of methoxy groups -OCH3 is 1. The molecule has 0 aromatic heterocycles. The summed E-state index contributed by atoms with van der Waals surface area (Å²) in [6, 6.07) is 8.90. The van der Waals surface area contributed by atoms with Gasteiger partial charge in [-0.1, -0.05) is 24.3 Å². The average Bonchev–Trinajstić information content (AvgIpc) is 2.45. The number of carboxylic acid groups (broad SMARTS) is 1. The number of benzene rings is 2. The maximum absolute atomic E-state index is 12.5. The average molecular weight is 296 g/mol. The molecule has 21 heavy (non-hydrogen) atoms. The Kier molecular flexibility index (Phi) is 3.88. The van der Waals surface area contributed by atoms with Crippen LogP contribution in [0.3, 0.4) is 0 Å². The lowest BCUT2D eigenvalue weighted by Gasteiger charge is -2.12. The molecule has 0 saturated heterocycles. The lowest BCUT2D eigenvalue weighted by Crippen LogP contribution is -2.05. The number of carbonyl (C=O) groups is 1. The summed E-state index contributed by atoms with van der Waals surface area (Å²) in [6.07, 6.45) is -4.43. The Hall–Kier alpha value is -2.50. The van der Waals surface area contributed by atoms with Crippen molar-refractivity contribution in [3.05, 3.63) is 53.6 Å². The summed E-state index contributed by atoms with van der Waals surface area (Å²) in [6.45, 7) is 0. The summed E-state index contributed by atoms with van der Waals surface area (Å²) < 4.78 is 42.6. The highest BCUT2D eigenvalue weighted by atomic mass is 19.4. The molecule has 2 aromatic carbocycles. The third kappa shape index (κ3) is 2.99. The van der Waals surface area contributed by atoms with E-state index in [0.717, 1.165) is 12.1 Å². The fourth-order valence-corrected chi connectivity index (χ4v) is 2.00. The topological polar surface area (TPSA) is 46.5 Å². The van der Waals surface area contributed by atoms with Crippen LogP contribution in [-0.4, -0.2) is 18.2 Å². The molecule has 0 atom stereocenters. The zero-order valence-corrected chi connectivity index (χ0v) is 10.9. The van der Waals surface area contributed by atoms with E-state index in [1.807, 2.05) is 0 Å². The van der Waals surface area contributed by atoms with E-state index < -0.39 is 17.7 Å². The highest BCUT2D eigenvalue weighted by molar-refractivity contribution is 5.99. The molecular formula is C15H11F3O3. The van der Waals surface area contributed by atoms with Crippen LogP contribution in [0, 0.1) is 0 Å². The Morgan fingerprint density at radius 2 is 1.71 bits per heavy atom. The van der Waals surface area contributed by atoms with Crippen molar-refractivity contribution in [2.45, 2.75) is 6.18 Å². The molecule has 0 radical (unpaired) electrons. The smallest absolute Gasteiger partial charge is 0.416 e. The number of rotatable bonds is 3. The van der Waals surface area contributed by atoms with E-state index >= 15 is 0 Å². The molecule has 0 amide bonds. The first-order valence-corrected chi connectivity index (χ1v) is 5.92. The summed E-state index contributed by atoms with van der Waals surface area (Å²) in [5.74, 6) is -1.05. The summed E-state index contributed by atoms with van der Waals surface area (Å²) >= 11 is 0. The third-order valence-electron chi connectivity index (χ3n) is 2.98. The van der Waals surface area contributed by atoms with E-state index in [2.05, 4.69) is 0 Å². The molecular weight excluding hydrogens is 285 g/mol. The van der Waals surface area contributed by atoms with E-state index in [-0.39, 0.29) is 11.3 Å². The van der Waals surface area contributed by atoms with Gasteiger partial charge in [-0.25, -0.2) is 4.79 Å². The van der Waals surface area contributed by atoms with Gasteiger partial charge in [-0.3, -0.25) is 0 Å². The van der Waals surface area contributed by atoms with Crippen LogP contribution in [0.2, 0.25) is 0 Å². The molecule has 0 fully saturated rings. The van der Waals surface area contributed by atoms with E-state index in [0.29, 0.717) is 11.1 Å². The van der Waals surface area contributed by atoms with Crippen LogP contribution in [0.15, 0.2) is 42.5 Å². The minimum atomic E-state index is -4.43. The largest absolute Gasteiger partial charge is 0.496 e. The number of halogens is 3. The van der Waals surface area contributed by atoms with Crippen LogP contribution in [0.1, 0.15) is 15.9 Å². The second kappa shape index (κ2) is 5.47. The summed E-state index contributed by atoms with van der Waals surface area (Å²) in [5.41, 5.74) is -0.194. The predicted octanol–water partition coefficient (Wildman–Crippen LogP) is 4.08. The van der Waals surface area contributed by atoms with Gasteiger partial charge < -0.3 is 9.84 Å². The van der Waals surface area contributed by atoms with E-state index in [1.54, 1.807) is 6.07 Å². The van der Waals surface area contributed by atoms with Gasteiger partial charge in [0.25, 0.3) is 0 Å². The van der Waals surface area contributed by atoms with E-state index in [4.69, 9.17) is 4.74 Å². The molecule has 1 N–H and O–H groups in total. The summed E-state index contributed by atoms with van der Waals surface area (Å²) in [5, 5.41) is 9.26. The van der Waals surface area contributed by atoms with Crippen LogP contribution >= 0.6 is 0 Å². The van der Waals surface area contributed by atoms with Gasteiger partial charge in [0, 0.05) is 0 Å². The Labute approximate surface area is 118 Å². The SMILES string of the molecule is COc1cccc(-c2ccc(C(F)(F)F)cc2)c1C(=O)O. The van der Waals surface area contributed by atoms with E-state index in [1.165, 1.54) is 31.4 Å². The van der Waals surface area contributed by atoms with Crippen LogP contribution < -0.4 is 4.74 Å². The minimum Gasteiger partial charge on any atom is -0.496 e. The second-order valence-corrected chi connectivity index (χ2v) is 4.26. The predicted molar refractivity (Wildman–Crippen MR) is 70.4 cm³/mol. The van der Waals surface area contributed by atoms with Gasteiger partial charge in [-0.2, -0.15) is 13.2 Å². The molecule has 0 heterocycles. The monoisotopic (exact) mass is 296 g/mol. The summed E-state index contributed by atoms with van der Waals surface area (Å²) in [4.78, 5) is 11.3. The number of carboxylic acids is 1. The fraction of sp³-hybridized carbons (Fsp3) is 0.133. The molecule has 2 rings (SSSR count). The molecule has 0 aliphatic carbocycles. The molecule has 3 nitrogen and oxygen atoms in total. The lowest BCUT2D eigenvalue weighted by molar-refractivity contribution is -0.137. The third-order valence-corrected chi connectivity index (χ3v) is 2.98. The molecule has 110 valence electrons. The first-order chi connectivity index (χ1) is 9.84. The standard InChI is InChI=1S/C15H11F3O3/c1-21-12-4-2-3-11(13(12)14(19)20)9-5-7-10(8-6-9)15(16,17)18/h2-8H,1H3,(H,19,20). The second-order valence-electron chi connectivity index (χ2n) is 4.26. The first-order valence-electron chi connectivity index (χ1n) is 5.92. The molecule has 2 aromatic rings. The number of hydrogen-bond donors (Lipinski definition) is 1. The van der Waals surface area contributed by atoms with E-state index in [9.17, 15) is 23.1 Å². The number of ether oxygens (including phenoxy) is 1. The Bertz CT molecular complexity index is 661. The van der Waals surface area contributed by atoms with Crippen LogP contribution in [0.25, 0.3) is 11.1 Å². The fourth-order valence-electron chi connectivity index (χ4n) is 2.00. The molecule has 0 aliphatic rings. The Morgan fingerprint density at radius 1 is 1.10 bits per heavy atom. The first kappa shape index (κ1) is 14.9. The highest BCUT2D eigenvalue weighted by Gasteiger charge is 2.30. The van der Waals surface area contributed by atoms with Gasteiger partial charge in [0.1, 0.15) is 11.3 Å². The maximum atomic E-state index is 12.5. The normalized spacial score (nSPS) is 11.2. The van der Waals surface area contributed by atoms with Crippen molar-refractivity contribution in [3.8, 4) is 16.9 Å². The van der Waals surface area contributed by atoms with Crippen LogP contribution in [0.4, 0.5) is 13.2 Å². The van der Waals surface area contributed by atoms with Gasteiger partial charge in [0.15, 0.2) is 0 Å². The molecule has 0 unspecified atom stereocenters. The van der Waals surface area contributed by atoms with Gasteiger partial charge in [-0.15, -0.1) is 0 Å². The highest BCUT2D eigenvalue weighted by Crippen LogP contribution is 2.34. The molecule has 0 spiro atoms. The Balaban J connectivity index is 2.54. The lowest BCUT2D eigenvalue weighted by atomic mass is 9.98. The molecule has 0 bridgehead atoms. The van der Waals surface area contributed by atoms with Gasteiger partial charge in [0.2, 0.25) is 0 Å². The molecule has 0 saturated carbocycles.